The summed E-state index contributed by atoms with van der Waals surface area (Å²) < 4.78 is 14.7. The van der Waals surface area contributed by atoms with Gasteiger partial charge in [0.25, 0.3) is 0 Å². The summed E-state index contributed by atoms with van der Waals surface area (Å²) in [5.41, 5.74) is 0.888. The molecule has 1 saturated carbocycles. The second kappa shape index (κ2) is 5.63. The summed E-state index contributed by atoms with van der Waals surface area (Å²) in [6.45, 7) is 0.506. The molecular formula is C15H18O5. The number of methoxy groups -OCH3 is 3. The molecule has 0 amide bonds. The largest absolute Gasteiger partial charge is 0.469 e. The van der Waals surface area contributed by atoms with Crippen molar-refractivity contribution in [3.05, 3.63) is 35.4 Å². The monoisotopic (exact) mass is 278 g/mol. The lowest BCUT2D eigenvalue weighted by atomic mass is 9.92. The van der Waals surface area contributed by atoms with E-state index in [0.717, 1.165) is 11.1 Å². The molecule has 0 aliphatic heterocycles. The summed E-state index contributed by atoms with van der Waals surface area (Å²) in [6, 6.07) is 7.45. The van der Waals surface area contributed by atoms with Crippen LogP contribution in [0.25, 0.3) is 0 Å². The number of carbonyl (C=O) groups excluding carboxylic acids is 2. The van der Waals surface area contributed by atoms with E-state index in [-0.39, 0.29) is 5.97 Å². The van der Waals surface area contributed by atoms with Gasteiger partial charge in [-0.2, -0.15) is 0 Å². The minimum atomic E-state index is -0.895. The molecule has 1 aliphatic rings. The summed E-state index contributed by atoms with van der Waals surface area (Å²) in [5, 5.41) is 0. The highest BCUT2D eigenvalue weighted by atomic mass is 16.5. The molecular weight excluding hydrogens is 260 g/mol. The molecule has 108 valence electrons. The van der Waals surface area contributed by atoms with Gasteiger partial charge in [-0.15, -0.1) is 0 Å². The van der Waals surface area contributed by atoms with Gasteiger partial charge in [-0.25, -0.2) is 0 Å². The molecule has 0 unspecified atom stereocenters. The Morgan fingerprint density at radius 2 is 1.80 bits per heavy atom. The number of ether oxygens (including phenoxy) is 3. The Morgan fingerprint density at radius 1 is 1.15 bits per heavy atom. The lowest BCUT2D eigenvalue weighted by Crippen LogP contribution is -2.27. The molecule has 0 heterocycles. The van der Waals surface area contributed by atoms with Crippen LogP contribution in [-0.4, -0.2) is 33.3 Å². The van der Waals surface area contributed by atoms with Crippen molar-refractivity contribution in [2.24, 2.45) is 5.92 Å². The number of benzene rings is 1. The Hall–Kier alpha value is -1.88. The van der Waals surface area contributed by atoms with Gasteiger partial charge in [0.05, 0.1) is 26.7 Å². The molecule has 2 atom stereocenters. The molecule has 0 bridgehead atoms. The average Bonchev–Trinajstić information content (AvgIpc) is 3.23. The predicted octanol–water partition coefficient (Wildman–Crippen LogP) is 1.44. The molecule has 1 aromatic rings. The quantitative estimate of drug-likeness (QED) is 0.763. The van der Waals surface area contributed by atoms with Crippen molar-refractivity contribution in [1.82, 2.24) is 0 Å². The molecule has 5 nitrogen and oxygen atoms in total. The van der Waals surface area contributed by atoms with E-state index in [0.29, 0.717) is 13.0 Å². The van der Waals surface area contributed by atoms with Crippen LogP contribution in [0.5, 0.6) is 0 Å². The number of hydrogen-bond acceptors (Lipinski definition) is 5. The third-order valence-electron chi connectivity index (χ3n) is 3.78. The molecule has 0 spiro atoms. The topological polar surface area (TPSA) is 61.8 Å². The van der Waals surface area contributed by atoms with Gasteiger partial charge in [0, 0.05) is 7.11 Å². The fourth-order valence-corrected chi connectivity index (χ4v) is 2.60. The van der Waals surface area contributed by atoms with Crippen molar-refractivity contribution in [1.29, 1.82) is 0 Å². The predicted molar refractivity (Wildman–Crippen MR) is 71.0 cm³/mol. The first-order valence-corrected chi connectivity index (χ1v) is 6.34. The average molecular weight is 278 g/mol. The van der Waals surface area contributed by atoms with Gasteiger partial charge < -0.3 is 14.2 Å². The third-order valence-corrected chi connectivity index (χ3v) is 3.78. The van der Waals surface area contributed by atoms with E-state index in [1.807, 2.05) is 24.3 Å². The highest BCUT2D eigenvalue weighted by Gasteiger charge is 2.66. The van der Waals surface area contributed by atoms with Crippen molar-refractivity contribution in [3.63, 3.8) is 0 Å². The molecule has 20 heavy (non-hydrogen) atoms. The second-order valence-electron chi connectivity index (χ2n) is 4.87. The summed E-state index contributed by atoms with van der Waals surface area (Å²) >= 11 is 0. The molecule has 0 radical (unpaired) electrons. The Kier molecular flexibility index (Phi) is 4.09. The fourth-order valence-electron chi connectivity index (χ4n) is 2.60. The minimum absolute atomic E-state index is 0.378. The molecule has 0 aromatic heterocycles. The Morgan fingerprint density at radius 3 is 2.30 bits per heavy atom. The first-order valence-electron chi connectivity index (χ1n) is 6.34. The summed E-state index contributed by atoms with van der Waals surface area (Å²) in [5.74, 6) is -1.24. The van der Waals surface area contributed by atoms with Gasteiger partial charge in [0.1, 0.15) is 5.41 Å². The standard InChI is InChI=1S/C15H18O5/c1-18-9-10-4-6-11(7-5-10)15(14(17)20-3)8-12(15)13(16)19-2/h4-7,12H,8-9H2,1-3H3/t12-,15+/m1/s1. The lowest BCUT2D eigenvalue weighted by molar-refractivity contribution is -0.149. The van der Waals surface area contributed by atoms with Crippen molar-refractivity contribution in [3.8, 4) is 0 Å². The third kappa shape index (κ3) is 2.29. The van der Waals surface area contributed by atoms with Gasteiger partial charge in [0.2, 0.25) is 0 Å². The van der Waals surface area contributed by atoms with Crippen LogP contribution in [0.2, 0.25) is 0 Å². The van der Waals surface area contributed by atoms with Crippen LogP contribution in [0.15, 0.2) is 24.3 Å². The van der Waals surface area contributed by atoms with Crippen molar-refractivity contribution < 1.29 is 23.8 Å². The second-order valence-corrected chi connectivity index (χ2v) is 4.87. The molecule has 1 aromatic carbocycles. The van der Waals surface area contributed by atoms with Crippen LogP contribution in [0, 0.1) is 5.92 Å². The van der Waals surface area contributed by atoms with E-state index >= 15 is 0 Å². The molecule has 0 saturated heterocycles. The van der Waals surface area contributed by atoms with E-state index < -0.39 is 17.3 Å². The fraction of sp³-hybridized carbons (Fsp3) is 0.467. The van der Waals surface area contributed by atoms with Crippen LogP contribution < -0.4 is 0 Å². The molecule has 0 N–H and O–H groups in total. The minimum Gasteiger partial charge on any atom is -0.469 e. The van der Waals surface area contributed by atoms with E-state index in [4.69, 9.17) is 14.2 Å². The number of esters is 2. The summed E-state index contributed by atoms with van der Waals surface area (Å²) in [7, 11) is 4.28. The van der Waals surface area contributed by atoms with Crippen molar-refractivity contribution in [2.75, 3.05) is 21.3 Å². The zero-order valence-electron chi connectivity index (χ0n) is 11.8. The maximum absolute atomic E-state index is 12.1. The van der Waals surface area contributed by atoms with Gasteiger partial charge in [-0.3, -0.25) is 9.59 Å². The maximum atomic E-state index is 12.1. The van der Waals surface area contributed by atoms with Crippen LogP contribution in [0.4, 0.5) is 0 Å². The maximum Gasteiger partial charge on any atom is 0.317 e. The van der Waals surface area contributed by atoms with E-state index in [1.54, 1.807) is 7.11 Å². The molecule has 2 rings (SSSR count). The van der Waals surface area contributed by atoms with Gasteiger partial charge in [0.15, 0.2) is 0 Å². The first-order chi connectivity index (χ1) is 9.59. The Labute approximate surface area is 117 Å². The van der Waals surface area contributed by atoms with E-state index in [1.165, 1.54) is 14.2 Å². The molecule has 5 heteroatoms. The molecule has 1 aliphatic carbocycles. The number of carbonyl (C=O) groups is 2. The van der Waals surface area contributed by atoms with Crippen LogP contribution in [0.1, 0.15) is 17.5 Å². The highest BCUT2D eigenvalue weighted by molar-refractivity contribution is 5.96. The van der Waals surface area contributed by atoms with Gasteiger partial charge >= 0.3 is 11.9 Å². The van der Waals surface area contributed by atoms with E-state index in [2.05, 4.69) is 0 Å². The SMILES string of the molecule is COCc1ccc([C@@]2(C(=O)OC)C[C@@H]2C(=O)OC)cc1. The number of rotatable bonds is 5. The first kappa shape index (κ1) is 14.5. The molecule has 1 fully saturated rings. The van der Waals surface area contributed by atoms with Gasteiger partial charge in [-0.1, -0.05) is 24.3 Å². The smallest absolute Gasteiger partial charge is 0.317 e. The van der Waals surface area contributed by atoms with Crippen molar-refractivity contribution >= 4 is 11.9 Å². The van der Waals surface area contributed by atoms with Crippen LogP contribution in [-0.2, 0) is 35.8 Å². The Bertz CT molecular complexity index is 508. The van der Waals surface area contributed by atoms with Crippen LogP contribution in [0.3, 0.4) is 0 Å². The van der Waals surface area contributed by atoms with E-state index in [9.17, 15) is 9.59 Å². The zero-order valence-corrected chi connectivity index (χ0v) is 11.8. The number of hydrogen-bond donors (Lipinski definition) is 0. The summed E-state index contributed by atoms with van der Waals surface area (Å²) in [4.78, 5) is 23.8. The Balaban J connectivity index is 2.30. The lowest BCUT2D eigenvalue weighted by Gasteiger charge is -2.15. The van der Waals surface area contributed by atoms with Crippen molar-refractivity contribution in [2.45, 2.75) is 18.4 Å². The van der Waals surface area contributed by atoms with Gasteiger partial charge in [-0.05, 0) is 17.5 Å². The summed E-state index contributed by atoms with van der Waals surface area (Å²) in [6.07, 6.45) is 0.427. The normalized spacial score (nSPS) is 24.1. The van der Waals surface area contributed by atoms with Crippen LogP contribution >= 0.6 is 0 Å². The zero-order chi connectivity index (χ0) is 14.8. The highest BCUT2D eigenvalue weighted by Crippen LogP contribution is 2.55.